The number of hydrogen-bond donors (Lipinski definition) is 2. The van der Waals surface area contributed by atoms with Crippen molar-refractivity contribution in [2.75, 3.05) is 46.6 Å². The smallest absolute Gasteiger partial charge is 0.308 e. The number of amides is 1. The van der Waals surface area contributed by atoms with E-state index in [9.17, 15) is 14.7 Å². The molecule has 2 aliphatic heterocycles. The predicted octanol–water partition coefficient (Wildman–Crippen LogP) is 2.90. The number of likely N-dealkylation sites (tertiary alicyclic amines) is 1. The Bertz CT molecular complexity index is 1110. The van der Waals surface area contributed by atoms with Crippen molar-refractivity contribution in [3.8, 4) is 17.2 Å². The number of ether oxygens (including phenoxy) is 3. The molecule has 0 aliphatic carbocycles. The number of hydrogen-bond acceptors (Lipinski definition) is 8. The van der Waals surface area contributed by atoms with Crippen molar-refractivity contribution in [2.24, 2.45) is 11.7 Å². The second-order valence-electron chi connectivity index (χ2n) is 10.2. The largest absolute Gasteiger partial charge is 0.493 e. The second-order valence-corrected chi connectivity index (χ2v) is 10.2. The third-order valence-electron chi connectivity index (χ3n) is 7.67. The van der Waals surface area contributed by atoms with Crippen molar-refractivity contribution < 1.29 is 28.9 Å². The minimum Gasteiger partial charge on any atom is -0.493 e. The molecule has 1 saturated heterocycles. The number of rotatable bonds is 14. The molecule has 0 radical (unpaired) electrons. The molecule has 3 heterocycles. The van der Waals surface area contributed by atoms with Crippen LogP contribution in [-0.2, 0) is 16.0 Å². The van der Waals surface area contributed by atoms with Crippen LogP contribution in [0.1, 0.15) is 49.8 Å². The number of aromatic nitrogens is 1. The van der Waals surface area contributed by atoms with Gasteiger partial charge in [-0.1, -0.05) is 19.4 Å². The summed E-state index contributed by atoms with van der Waals surface area (Å²) in [6.07, 6.45) is 5.55. The lowest BCUT2D eigenvalue weighted by Crippen LogP contribution is -2.45. The van der Waals surface area contributed by atoms with Crippen LogP contribution in [0.15, 0.2) is 36.5 Å². The van der Waals surface area contributed by atoms with Crippen molar-refractivity contribution in [1.82, 2.24) is 14.8 Å². The zero-order valence-electron chi connectivity index (χ0n) is 22.9. The fourth-order valence-electron chi connectivity index (χ4n) is 5.66. The molecule has 10 heteroatoms. The molecule has 1 aromatic heterocycles. The van der Waals surface area contributed by atoms with Crippen molar-refractivity contribution in [2.45, 2.75) is 51.0 Å². The summed E-state index contributed by atoms with van der Waals surface area (Å²) >= 11 is 0. The monoisotopic (exact) mass is 540 g/mol. The van der Waals surface area contributed by atoms with Gasteiger partial charge in [0.05, 0.1) is 19.6 Å². The minimum absolute atomic E-state index is 0.00721. The molecule has 4 rings (SSSR count). The molecule has 39 heavy (non-hydrogen) atoms. The van der Waals surface area contributed by atoms with Crippen LogP contribution in [0.3, 0.4) is 0 Å². The Morgan fingerprint density at radius 2 is 2.05 bits per heavy atom. The first-order valence-electron chi connectivity index (χ1n) is 13.8. The van der Waals surface area contributed by atoms with Gasteiger partial charge in [0.1, 0.15) is 0 Å². The van der Waals surface area contributed by atoms with Crippen LogP contribution in [0.4, 0.5) is 0 Å². The lowest BCUT2D eigenvalue weighted by atomic mass is 9.83. The molecule has 2 aliphatic rings. The Morgan fingerprint density at radius 3 is 2.74 bits per heavy atom. The van der Waals surface area contributed by atoms with Gasteiger partial charge in [0.25, 0.3) is 0 Å². The number of carbonyl (C=O) groups excluding carboxylic acids is 1. The van der Waals surface area contributed by atoms with Crippen LogP contribution in [-0.4, -0.2) is 84.4 Å². The van der Waals surface area contributed by atoms with E-state index in [2.05, 4.69) is 11.9 Å². The zero-order valence-corrected chi connectivity index (χ0v) is 22.9. The number of carboxylic acids is 1. The SMILES string of the molecule is CCCCN(CCCN)C(=O)CN1C[C@H](c2cc(OC)c3c(c2)OCO3)C(C(=O)O)[C@@H]1CCc1ccccn1. The van der Waals surface area contributed by atoms with Gasteiger partial charge >= 0.3 is 5.97 Å². The van der Waals surface area contributed by atoms with Crippen LogP contribution >= 0.6 is 0 Å². The number of carbonyl (C=O) groups is 2. The lowest BCUT2D eigenvalue weighted by molar-refractivity contribution is -0.143. The maximum Gasteiger partial charge on any atom is 0.308 e. The predicted molar refractivity (Wildman–Crippen MR) is 146 cm³/mol. The summed E-state index contributed by atoms with van der Waals surface area (Å²) in [5, 5.41) is 10.5. The lowest BCUT2D eigenvalue weighted by Gasteiger charge is -2.29. The van der Waals surface area contributed by atoms with Gasteiger partial charge in [-0.2, -0.15) is 0 Å². The fraction of sp³-hybridized carbons (Fsp3) is 0.552. The van der Waals surface area contributed by atoms with Crippen molar-refractivity contribution in [3.63, 3.8) is 0 Å². The van der Waals surface area contributed by atoms with Gasteiger partial charge in [-0.15, -0.1) is 0 Å². The summed E-state index contributed by atoms with van der Waals surface area (Å²) in [5.74, 6) is -0.384. The van der Waals surface area contributed by atoms with E-state index >= 15 is 0 Å². The van der Waals surface area contributed by atoms with Crippen LogP contribution in [0, 0.1) is 5.92 Å². The van der Waals surface area contributed by atoms with Gasteiger partial charge in [0.15, 0.2) is 11.5 Å². The van der Waals surface area contributed by atoms with E-state index in [1.165, 1.54) is 0 Å². The standard InChI is InChI=1S/C29H40N4O6/c1-3-4-13-32(14-7-11-30)26(34)18-33-17-22(20-15-24(37-2)28-25(16-20)38-19-39-28)27(29(35)36)23(33)10-9-21-8-5-6-12-31-21/h5-6,8,12,15-16,22-23,27H,3-4,7,9-11,13-14,17-19,30H2,1-2H3,(H,35,36)/t22-,23+,27?/m1/s1. The maximum atomic E-state index is 13.5. The van der Waals surface area contributed by atoms with Gasteiger partial charge in [0.2, 0.25) is 18.4 Å². The number of aliphatic carboxylic acids is 1. The van der Waals surface area contributed by atoms with E-state index in [0.29, 0.717) is 56.3 Å². The van der Waals surface area contributed by atoms with Crippen molar-refractivity contribution in [1.29, 1.82) is 0 Å². The molecular weight excluding hydrogens is 500 g/mol. The van der Waals surface area contributed by atoms with E-state index in [1.807, 2.05) is 40.1 Å². The first-order chi connectivity index (χ1) is 19.0. The Hall–Kier alpha value is -3.37. The second kappa shape index (κ2) is 13.6. The highest BCUT2D eigenvalue weighted by atomic mass is 16.7. The topological polar surface area (TPSA) is 127 Å². The number of methoxy groups -OCH3 is 1. The Morgan fingerprint density at radius 1 is 1.23 bits per heavy atom. The van der Waals surface area contributed by atoms with Crippen LogP contribution in [0.25, 0.3) is 0 Å². The third kappa shape index (κ3) is 6.80. The molecule has 3 N–H and O–H groups in total. The van der Waals surface area contributed by atoms with Crippen molar-refractivity contribution in [3.05, 3.63) is 47.8 Å². The highest BCUT2D eigenvalue weighted by Crippen LogP contribution is 2.47. The normalized spacial score (nSPS) is 20.2. The number of carboxylic acid groups (broad SMARTS) is 1. The van der Waals surface area contributed by atoms with E-state index in [4.69, 9.17) is 19.9 Å². The molecule has 3 atom stereocenters. The molecule has 0 spiro atoms. The number of aryl methyl sites for hydroxylation is 1. The quantitative estimate of drug-likeness (QED) is 0.372. The molecule has 0 saturated carbocycles. The van der Waals surface area contributed by atoms with Gasteiger partial charge in [-0.05, 0) is 62.1 Å². The number of pyridine rings is 1. The average Bonchev–Trinajstić information content (AvgIpc) is 3.56. The summed E-state index contributed by atoms with van der Waals surface area (Å²) in [6, 6.07) is 9.07. The van der Waals surface area contributed by atoms with Gasteiger partial charge in [0, 0.05) is 43.5 Å². The Labute approximate surface area is 230 Å². The average molecular weight is 541 g/mol. The molecule has 1 unspecified atom stereocenters. The van der Waals surface area contributed by atoms with E-state index in [1.54, 1.807) is 13.3 Å². The molecule has 212 valence electrons. The van der Waals surface area contributed by atoms with Gasteiger partial charge in [-0.25, -0.2) is 0 Å². The molecular formula is C29H40N4O6. The molecule has 10 nitrogen and oxygen atoms in total. The molecule has 2 aromatic rings. The molecule has 1 amide bonds. The summed E-state index contributed by atoms with van der Waals surface area (Å²) in [4.78, 5) is 34.7. The highest BCUT2D eigenvalue weighted by Gasteiger charge is 2.47. The molecule has 1 aromatic carbocycles. The molecule has 1 fully saturated rings. The number of benzene rings is 1. The first-order valence-corrected chi connectivity index (χ1v) is 13.8. The van der Waals surface area contributed by atoms with Gasteiger partial charge in [-0.3, -0.25) is 19.5 Å². The van der Waals surface area contributed by atoms with Crippen LogP contribution in [0.5, 0.6) is 17.2 Å². The van der Waals surface area contributed by atoms with Crippen molar-refractivity contribution >= 4 is 11.9 Å². The minimum atomic E-state index is -0.886. The van der Waals surface area contributed by atoms with Gasteiger partial charge < -0.3 is 30.0 Å². The summed E-state index contributed by atoms with van der Waals surface area (Å²) in [7, 11) is 1.55. The number of nitrogens with zero attached hydrogens (tertiary/aromatic N) is 3. The summed E-state index contributed by atoms with van der Waals surface area (Å²) < 4.78 is 16.7. The van der Waals surface area contributed by atoms with Crippen LogP contribution in [0.2, 0.25) is 0 Å². The molecule has 0 bridgehead atoms. The van der Waals surface area contributed by atoms with E-state index in [-0.39, 0.29) is 31.2 Å². The fourth-order valence-corrected chi connectivity index (χ4v) is 5.66. The Kier molecular flexibility index (Phi) is 10.00. The highest BCUT2D eigenvalue weighted by molar-refractivity contribution is 5.79. The van der Waals surface area contributed by atoms with Crippen LogP contribution < -0.4 is 19.9 Å². The summed E-state index contributed by atoms with van der Waals surface area (Å²) in [6.45, 7) is 4.56. The zero-order chi connectivity index (χ0) is 27.8. The third-order valence-corrected chi connectivity index (χ3v) is 7.67. The van der Waals surface area contributed by atoms with E-state index in [0.717, 1.165) is 30.5 Å². The Balaban J connectivity index is 1.63. The number of nitrogens with two attached hydrogens (primary N) is 1. The first kappa shape index (κ1) is 28.6. The maximum absolute atomic E-state index is 13.5. The van der Waals surface area contributed by atoms with E-state index < -0.39 is 11.9 Å². The summed E-state index contributed by atoms with van der Waals surface area (Å²) in [5.41, 5.74) is 7.43. The number of unbranched alkanes of at least 4 members (excludes halogenated alkanes) is 1. The number of fused-ring (bicyclic) bond motifs is 1.